The van der Waals surface area contributed by atoms with E-state index in [0.29, 0.717) is 22.9 Å². The number of rotatable bonds is 3. The molecule has 0 spiro atoms. The van der Waals surface area contributed by atoms with E-state index in [9.17, 15) is 4.79 Å². The Labute approximate surface area is 136 Å². The monoisotopic (exact) mass is 336 g/mol. The molecule has 1 fully saturated rings. The minimum Gasteiger partial charge on any atom is -0.337 e. The van der Waals surface area contributed by atoms with E-state index in [-0.39, 0.29) is 24.4 Å². The molecule has 3 nitrogen and oxygen atoms in total. The average Bonchev–Trinajstić information content (AvgIpc) is 2.38. The number of aryl methyl sites for hydroxylation is 1. The van der Waals surface area contributed by atoms with Crippen molar-refractivity contribution in [3.63, 3.8) is 0 Å². The van der Waals surface area contributed by atoms with Crippen LogP contribution in [0.3, 0.4) is 0 Å². The maximum atomic E-state index is 12.2. The third kappa shape index (κ3) is 4.52. The van der Waals surface area contributed by atoms with Crippen LogP contribution in [0.15, 0.2) is 18.2 Å². The minimum absolute atomic E-state index is 0. The molecule has 0 bridgehead atoms. The van der Waals surface area contributed by atoms with Gasteiger partial charge in [0.15, 0.2) is 0 Å². The molecule has 1 saturated heterocycles. The molecule has 1 unspecified atom stereocenters. The molecule has 112 valence electrons. The van der Waals surface area contributed by atoms with Crippen LogP contribution < -0.4 is 5.32 Å². The number of benzene rings is 1. The maximum Gasteiger partial charge on any atom is 0.223 e. The summed E-state index contributed by atoms with van der Waals surface area (Å²) in [6.45, 7) is 4.60. The second-order valence-electron chi connectivity index (χ2n) is 4.88. The van der Waals surface area contributed by atoms with Gasteiger partial charge in [0.1, 0.15) is 0 Å². The molecule has 2 rings (SSSR count). The van der Waals surface area contributed by atoms with E-state index in [0.717, 1.165) is 25.2 Å². The van der Waals surface area contributed by atoms with E-state index in [1.165, 1.54) is 0 Å². The molecule has 1 aromatic carbocycles. The first-order valence-corrected chi connectivity index (χ1v) is 7.27. The van der Waals surface area contributed by atoms with Gasteiger partial charge in [0.05, 0.1) is 0 Å². The molecule has 1 heterocycles. The third-order valence-electron chi connectivity index (χ3n) is 3.44. The topological polar surface area (TPSA) is 32.3 Å². The van der Waals surface area contributed by atoms with Crippen molar-refractivity contribution in [1.82, 2.24) is 10.2 Å². The van der Waals surface area contributed by atoms with Crippen LogP contribution >= 0.6 is 35.6 Å². The summed E-state index contributed by atoms with van der Waals surface area (Å²) in [5, 5.41) is 4.53. The molecule has 1 aliphatic rings. The molecule has 0 aliphatic carbocycles. The Morgan fingerprint density at radius 2 is 2.20 bits per heavy atom. The van der Waals surface area contributed by atoms with Gasteiger partial charge < -0.3 is 10.2 Å². The van der Waals surface area contributed by atoms with Gasteiger partial charge in [0, 0.05) is 42.1 Å². The molecule has 1 N–H and O–H groups in total. The number of amides is 1. The highest BCUT2D eigenvalue weighted by Crippen LogP contribution is 2.22. The molecular weight excluding hydrogens is 319 g/mol. The Hall–Kier alpha value is -0.480. The van der Waals surface area contributed by atoms with E-state index < -0.39 is 0 Å². The smallest absolute Gasteiger partial charge is 0.223 e. The summed E-state index contributed by atoms with van der Waals surface area (Å²) in [7, 11) is 0. The summed E-state index contributed by atoms with van der Waals surface area (Å²) in [5.41, 5.74) is 0.974. The lowest BCUT2D eigenvalue weighted by molar-refractivity contribution is -0.133. The van der Waals surface area contributed by atoms with Crippen LogP contribution in [-0.2, 0) is 11.2 Å². The van der Waals surface area contributed by atoms with Crippen molar-refractivity contribution in [2.75, 3.05) is 19.6 Å². The Balaban J connectivity index is 0.00000200. The van der Waals surface area contributed by atoms with E-state index in [1.807, 2.05) is 11.0 Å². The molecule has 1 amide bonds. The van der Waals surface area contributed by atoms with E-state index in [4.69, 9.17) is 23.2 Å². The molecule has 6 heteroatoms. The van der Waals surface area contributed by atoms with Crippen molar-refractivity contribution in [2.45, 2.75) is 25.8 Å². The van der Waals surface area contributed by atoms with Gasteiger partial charge in [-0.3, -0.25) is 4.79 Å². The summed E-state index contributed by atoms with van der Waals surface area (Å²) < 4.78 is 0. The standard InChI is InChI=1S/C14H18Cl2N2O.ClH/c1-10-9-17-6-7-18(10)14(19)5-3-11-2-4-12(15)8-13(11)16;/h2,4,8,10,17H,3,5-7,9H2,1H3;1H. The van der Waals surface area contributed by atoms with Crippen LogP contribution in [0.4, 0.5) is 0 Å². The van der Waals surface area contributed by atoms with Gasteiger partial charge >= 0.3 is 0 Å². The maximum absolute atomic E-state index is 12.2. The lowest BCUT2D eigenvalue weighted by Crippen LogP contribution is -2.52. The highest BCUT2D eigenvalue weighted by atomic mass is 35.5. The summed E-state index contributed by atoms with van der Waals surface area (Å²) >= 11 is 12.0. The molecule has 1 aliphatic heterocycles. The summed E-state index contributed by atoms with van der Waals surface area (Å²) in [6.07, 6.45) is 1.15. The quantitative estimate of drug-likeness (QED) is 0.919. The lowest BCUT2D eigenvalue weighted by atomic mass is 10.1. The normalized spacial score (nSPS) is 18.6. The van der Waals surface area contributed by atoms with Crippen molar-refractivity contribution < 1.29 is 4.79 Å². The van der Waals surface area contributed by atoms with Crippen molar-refractivity contribution >= 4 is 41.5 Å². The van der Waals surface area contributed by atoms with Gasteiger partial charge in [-0.15, -0.1) is 12.4 Å². The first-order valence-electron chi connectivity index (χ1n) is 6.52. The number of nitrogens with one attached hydrogen (secondary N) is 1. The van der Waals surface area contributed by atoms with Crippen LogP contribution in [0.5, 0.6) is 0 Å². The highest BCUT2D eigenvalue weighted by molar-refractivity contribution is 6.35. The second-order valence-corrected chi connectivity index (χ2v) is 5.72. The van der Waals surface area contributed by atoms with Gasteiger partial charge in [-0.2, -0.15) is 0 Å². The summed E-state index contributed by atoms with van der Waals surface area (Å²) in [6, 6.07) is 5.68. The predicted octanol–water partition coefficient (Wildman–Crippen LogP) is 3.17. The van der Waals surface area contributed by atoms with Gasteiger partial charge in [-0.05, 0) is 31.0 Å². The number of hydrogen-bond acceptors (Lipinski definition) is 2. The zero-order valence-electron chi connectivity index (χ0n) is 11.4. The van der Waals surface area contributed by atoms with Crippen LogP contribution in [0.1, 0.15) is 18.9 Å². The largest absolute Gasteiger partial charge is 0.337 e. The fourth-order valence-electron chi connectivity index (χ4n) is 2.32. The molecular formula is C14H19Cl3N2O. The molecule has 1 atom stereocenters. The second kappa shape index (κ2) is 8.08. The number of hydrogen-bond donors (Lipinski definition) is 1. The highest BCUT2D eigenvalue weighted by Gasteiger charge is 2.22. The lowest BCUT2D eigenvalue weighted by Gasteiger charge is -2.34. The van der Waals surface area contributed by atoms with E-state index in [1.54, 1.807) is 12.1 Å². The van der Waals surface area contributed by atoms with Crippen LogP contribution in [0.2, 0.25) is 10.0 Å². The number of carbonyl (C=O) groups is 1. The molecule has 0 radical (unpaired) electrons. The Kier molecular flexibility index (Phi) is 7.10. The van der Waals surface area contributed by atoms with Crippen molar-refractivity contribution in [1.29, 1.82) is 0 Å². The van der Waals surface area contributed by atoms with Crippen LogP contribution in [-0.4, -0.2) is 36.5 Å². The van der Waals surface area contributed by atoms with Gasteiger partial charge in [0.25, 0.3) is 0 Å². The third-order valence-corrected chi connectivity index (χ3v) is 4.03. The van der Waals surface area contributed by atoms with Gasteiger partial charge in [-0.25, -0.2) is 0 Å². The number of nitrogens with zero attached hydrogens (tertiary/aromatic N) is 1. The Bertz CT molecular complexity index is 468. The van der Waals surface area contributed by atoms with Crippen molar-refractivity contribution in [3.05, 3.63) is 33.8 Å². The molecule has 20 heavy (non-hydrogen) atoms. The van der Waals surface area contributed by atoms with Crippen molar-refractivity contribution in [2.24, 2.45) is 0 Å². The van der Waals surface area contributed by atoms with E-state index >= 15 is 0 Å². The zero-order chi connectivity index (χ0) is 13.8. The number of piperazine rings is 1. The number of carbonyl (C=O) groups excluding carboxylic acids is 1. The number of halogens is 3. The SMILES string of the molecule is CC1CNCCN1C(=O)CCc1ccc(Cl)cc1Cl.Cl. The van der Waals surface area contributed by atoms with Crippen LogP contribution in [0.25, 0.3) is 0 Å². The molecule has 0 aromatic heterocycles. The average molecular weight is 338 g/mol. The fraction of sp³-hybridized carbons (Fsp3) is 0.500. The summed E-state index contributed by atoms with van der Waals surface area (Å²) in [5.74, 6) is 0.194. The molecule has 1 aromatic rings. The Morgan fingerprint density at radius 3 is 2.85 bits per heavy atom. The minimum atomic E-state index is 0. The van der Waals surface area contributed by atoms with E-state index in [2.05, 4.69) is 12.2 Å². The summed E-state index contributed by atoms with van der Waals surface area (Å²) in [4.78, 5) is 14.1. The zero-order valence-corrected chi connectivity index (χ0v) is 13.7. The van der Waals surface area contributed by atoms with Crippen molar-refractivity contribution in [3.8, 4) is 0 Å². The first kappa shape index (κ1) is 17.6. The van der Waals surface area contributed by atoms with Crippen LogP contribution in [0, 0.1) is 0 Å². The Morgan fingerprint density at radius 1 is 1.45 bits per heavy atom. The fourth-order valence-corrected chi connectivity index (χ4v) is 2.82. The van der Waals surface area contributed by atoms with Gasteiger partial charge in [-0.1, -0.05) is 29.3 Å². The molecule has 0 saturated carbocycles. The first-order chi connectivity index (χ1) is 9.08. The predicted molar refractivity (Wildman–Crippen MR) is 86.1 cm³/mol. The van der Waals surface area contributed by atoms with Gasteiger partial charge in [0.2, 0.25) is 5.91 Å².